The van der Waals surface area contributed by atoms with Crippen LogP contribution in [0.4, 0.5) is 14.5 Å². The Morgan fingerprint density at radius 3 is 2.48 bits per heavy atom. The number of alkyl halides is 2. The quantitative estimate of drug-likeness (QED) is 0.708. The van der Waals surface area contributed by atoms with Crippen molar-refractivity contribution in [3.63, 3.8) is 0 Å². The number of halogens is 3. The SMILES string of the molecule is COc1ccc(Cl)cc1NC(=O)[C@@H](C)OC(=O)c1ccccc1OC(F)F. The third-order valence-electron chi connectivity index (χ3n) is 3.40. The molecule has 0 bridgehead atoms. The Labute approximate surface area is 159 Å². The number of hydrogen-bond acceptors (Lipinski definition) is 5. The number of rotatable bonds is 7. The third kappa shape index (κ3) is 5.55. The van der Waals surface area contributed by atoms with E-state index in [1.807, 2.05) is 0 Å². The fraction of sp³-hybridized carbons (Fsp3) is 0.222. The second-order valence-corrected chi connectivity index (χ2v) is 5.69. The van der Waals surface area contributed by atoms with Gasteiger partial charge < -0.3 is 19.5 Å². The molecule has 1 atom stereocenters. The Bertz CT molecular complexity index is 831. The van der Waals surface area contributed by atoms with Crippen LogP contribution in [0.3, 0.4) is 0 Å². The molecule has 0 aliphatic carbocycles. The zero-order chi connectivity index (χ0) is 20.0. The molecule has 6 nitrogen and oxygen atoms in total. The number of esters is 1. The Kier molecular flexibility index (Phi) is 6.95. The number of methoxy groups -OCH3 is 1. The van der Waals surface area contributed by atoms with E-state index in [9.17, 15) is 18.4 Å². The maximum Gasteiger partial charge on any atom is 0.387 e. The van der Waals surface area contributed by atoms with Gasteiger partial charge >= 0.3 is 12.6 Å². The van der Waals surface area contributed by atoms with Crippen LogP contribution >= 0.6 is 11.6 Å². The molecular formula is C18H16ClF2NO5. The van der Waals surface area contributed by atoms with Gasteiger partial charge in [-0.25, -0.2) is 4.79 Å². The van der Waals surface area contributed by atoms with Gasteiger partial charge in [0.05, 0.1) is 12.8 Å². The van der Waals surface area contributed by atoms with Crippen molar-refractivity contribution in [3.8, 4) is 11.5 Å². The van der Waals surface area contributed by atoms with Crippen LogP contribution in [0.15, 0.2) is 42.5 Å². The first-order valence-electron chi connectivity index (χ1n) is 7.71. The number of amides is 1. The summed E-state index contributed by atoms with van der Waals surface area (Å²) in [5.74, 6) is -1.62. The fourth-order valence-electron chi connectivity index (χ4n) is 2.12. The summed E-state index contributed by atoms with van der Waals surface area (Å²) in [5.41, 5.74) is 0.0668. The highest BCUT2D eigenvalue weighted by atomic mass is 35.5. The van der Waals surface area contributed by atoms with Crippen molar-refractivity contribution >= 4 is 29.2 Å². The van der Waals surface area contributed by atoms with Crippen molar-refractivity contribution in [2.75, 3.05) is 12.4 Å². The van der Waals surface area contributed by atoms with Gasteiger partial charge in [0.1, 0.15) is 17.1 Å². The van der Waals surface area contributed by atoms with Gasteiger partial charge in [0, 0.05) is 5.02 Å². The lowest BCUT2D eigenvalue weighted by molar-refractivity contribution is -0.123. The van der Waals surface area contributed by atoms with E-state index in [1.165, 1.54) is 44.4 Å². The van der Waals surface area contributed by atoms with Gasteiger partial charge in [0.25, 0.3) is 5.91 Å². The lowest BCUT2D eigenvalue weighted by Gasteiger charge is -2.16. The molecule has 2 rings (SSSR count). The van der Waals surface area contributed by atoms with E-state index < -0.39 is 24.6 Å². The molecule has 0 heterocycles. The molecule has 0 aliphatic rings. The molecule has 1 N–H and O–H groups in total. The summed E-state index contributed by atoms with van der Waals surface area (Å²) >= 11 is 5.89. The Morgan fingerprint density at radius 1 is 1.11 bits per heavy atom. The molecule has 2 aromatic rings. The molecule has 144 valence electrons. The predicted octanol–water partition coefficient (Wildman–Crippen LogP) is 4.13. The molecule has 27 heavy (non-hydrogen) atoms. The maximum atomic E-state index is 12.4. The molecule has 0 aliphatic heterocycles. The van der Waals surface area contributed by atoms with E-state index in [4.69, 9.17) is 21.1 Å². The lowest BCUT2D eigenvalue weighted by atomic mass is 10.2. The highest BCUT2D eigenvalue weighted by Crippen LogP contribution is 2.28. The number of nitrogens with one attached hydrogen (secondary N) is 1. The highest BCUT2D eigenvalue weighted by Gasteiger charge is 2.23. The first kappa shape index (κ1) is 20.4. The number of benzene rings is 2. The molecule has 0 fully saturated rings. The average Bonchev–Trinajstić information content (AvgIpc) is 2.61. The van der Waals surface area contributed by atoms with Gasteiger partial charge in [-0.05, 0) is 37.3 Å². The number of hydrogen-bond donors (Lipinski definition) is 1. The van der Waals surface area contributed by atoms with E-state index in [0.29, 0.717) is 16.5 Å². The van der Waals surface area contributed by atoms with E-state index >= 15 is 0 Å². The first-order valence-corrected chi connectivity index (χ1v) is 8.09. The van der Waals surface area contributed by atoms with Gasteiger partial charge in [0.15, 0.2) is 6.10 Å². The van der Waals surface area contributed by atoms with Crippen molar-refractivity contribution < 1.29 is 32.6 Å². The predicted molar refractivity (Wildman–Crippen MR) is 94.6 cm³/mol. The monoisotopic (exact) mass is 399 g/mol. The minimum absolute atomic E-state index is 0.224. The normalized spacial score (nSPS) is 11.6. The molecular weight excluding hydrogens is 384 g/mol. The minimum Gasteiger partial charge on any atom is -0.495 e. The van der Waals surface area contributed by atoms with Crippen LogP contribution in [0, 0.1) is 0 Å². The lowest BCUT2D eigenvalue weighted by Crippen LogP contribution is -2.30. The number of para-hydroxylation sites is 1. The van der Waals surface area contributed by atoms with E-state index in [2.05, 4.69) is 10.1 Å². The molecule has 0 aromatic heterocycles. The number of ether oxygens (including phenoxy) is 3. The van der Waals surface area contributed by atoms with Crippen LogP contribution in [0.2, 0.25) is 5.02 Å². The maximum absolute atomic E-state index is 12.4. The van der Waals surface area contributed by atoms with Gasteiger partial charge in [-0.2, -0.15) is 8.78 Å². The zero-order valence-electron chi connectivity index (χ0n) is 14.4. The van der Waals surface area contributed by atoms with Crippen molar-refractivity contribution in [1.29, 1.82) is 0 Å². The Morgan fingerprint density at radius 2 is 1.81 bits per heavy atom. The van der Waals surface area contributed by atoms with Gasteiger partial charge in [0.2, 0.25) is 0 Å². The second-order valence-electron chi connectivity index (χ2n) is 5.26. The summed E-state index contributed by atoms with van der Waals surface area (Å²) in [6.07, 6.45) is -1.22. The van der Waals surface area contributed by atoms with E-state index in [-0.39, 0.29) is 11.3 Å². The average molecular weight is 400 g/mol. The van der Waals surface area contributed by atoms with Crippen molar-refractivity contribution in [1.82, 2.24) is 0 Å². The first-order chi connectivity index (χ1) is 12.8. The zero-order valence-corrected chi connectivity index (χ0v) is 15.1. The van der Waals surface area contributed by atoms with Crippen LogP contribution in [0.25, 0.3) is 0 Å². The van der Waals surface area contributed by atoms with E-state index in [0.717, 1.165) is 0 Å². The smallest absolute Gasteiger partial charge is 0.387 e. The van der Waals surface area contributed by atoms with E-state index in [1.54, 1.807) is 12.1 Å². The van der Waals surface area contributed by atoms with Crippen LogP contribution in [0.5, 0.6) is 11.5 Å². The van der Waals surface area contributed by atoms with Gasteiger partial charge in [-0.15, -0.1) is 0 Å². The molecule has 0 saturated carbocycles. The third-order valence-corrected chi connectivity index (χ3v) is 3.63. The number of anilines is 1. The molecule has 0 radical (unpaired) electrons. The summed E-state index contributed by atoms with van der Waals surface area (Å²) in [5, 5.41) is 2.90. The number of carbonyl (C=O) groups excluding carboxylic acids is 2. The van der Waals surface area contributed by atoms with Crippen molar-refractivity contribution in [2.45, 2.75) is 19.6 Å². The summed E-state index contributed by atoms with van der Waals surface area (Å²) in [6.45, 7) is -1.77. The highest BCUT2D eigenvalue weighted by molar-refractivity contribution is 6.31. The van der Waals surface area contributed by atoms with Crippen LogP contribution in [-0.4, -0.2) is 31.7 Å². The molecule has 9 heteroatoms. The summed E-state index contributed by atoms with van der Waals surface area (Å²) in [7, 11) is 1.42. The molecule has 2 aromatic carbocycles. The van der Waals surface area contributed by atoms with Crippen molar-refractivity contribution in [3.05, 3.63) is 53.1 Å². The second kappa shape index (κ2) is 9.18. The summed E-state index contributed by atoms with van der Waals surface area (Å²) < 4.78 is 39.3. The topological polar surface area (TPSA) is 73.9 Å². The Balaban J connectivity index is 2.09. The van der Waals surface area contributed by atoms with Crippen LogP contribution in [-0.2, 0) is 9.53 Å². The standard InChI is InChI=1S/C18H16ClF2NO5/c1-10(16(23)22-13-9-11(19)7-8-15(13)25-2)26-17(24)12-5-3-4-6-14(12)27-18(20)21/h3-10,18H,1-2H3,(H,22,23)/t10-/m1/s1. The molecule has 1 amide bonds. The van der Waals surface area contributed by atoms with Crippen molar-refractivity contribution in [2.24, 2.45) is 0 Å². The van der Waals surface area contributed by atoms with Gasteiger partial charge in [-0.3, -0.25) is 4.79 Å². The largest absolute Gasteiger partial charge is 0.495 e. The number of carbonyl (C=O) groups is 2. The summed E-state index contributed by atoms with van der Waals surface area (Å²) in [4.78, 5) is 24.5. The van der Waals surface area contributed by atoms with Crippen LogP contribution < -0.4 is 14.8 Å². The molecule has 0 spiro atoms. The molecule has 0 unspecified atom stereocenters. The fourth-order valence-corrected chi connectivity index (χ4v) is 2.30. The van der Waals surface area contributed by atoms with Crippen LogP contribution in [0.1, 0.15) is 17.3 Å². The minimum atomic E-state index is -3.10. The Hall–Kier alpha value is -2.87. The molecule has 0 saturated heterocycles. The van der Waals surface area contributed by atoms with Gasteiger partial charge in [-0.1, -0.05) is 23.7 Å². The summed E-state index contributed by atoms with van der Waals surface area (Å²) in [6, 6.07) is 9.95.